The largest absolute Gasteiger partial charge is 0.507 e. The van der Waals surface area contributed by atoms with Gasteiger partial charge >= 0.3 is 6.18 Å². The fourth-order valence-electron chi connectivity index (χ4n) is 6.23. The first-order valence-corrected chi connectivity index (χ1v) is 14.9. The van der Waals surface area contributed by atoms with Gasteiger partial charge in [0.25, 0.3) is 5.56 Å². The number of nitrogens with zero attached hydrogens (tertiary/aromatic N) is 5. The third kappa shape index (κ3) is 5.07. The van der Waals surface area contributed by atoms with Crippen molar-refractivity contribution in [1.82, 2.24) is 19.4 Å². The quantitative estimate of drug-likeness (QED) is 0.225. The maximum absolute atomic E-state index is 14.6. The standard InChI is InChI=1S/C35H28F3N5O3/c1-2-32(45)42-13-11-41(12-14-42)30-10-8-24(17-27(30)35(36,37)38)43-33(46)18-31(44)26-20-40-29-9-7-21(16-25(29)34(26)43)23-15-22-5-3-4-6-28(22)39-19-23/h3-10,15-20,44H,2,11-14H2,1H3. The Kier molecular flexibility index (Phi) is 7.11. The van der Waals surface area contributed by atoms with Crippen LogP contribution in [-0.2, 0) is 11.0 Å². The van der Waals surface area contributed by atoms with Crippen LogP contribution in [0, 0.1) is 0 Å². The number of carbonyl (C=O) groups is 1. The van der Waals surface area contributed by atoms with Crippen molar-refractivity contribution in [2.24, 2.45) is 0 Å². The molecule has 0 unspecified atom stereocenters. The molecule has 0 bridgehead atoms. The van der Waals surface area contributed by atoms with Crippen LogP contribution in [0.4, 0.5) is 18.9 Å². The van der Waals surface area contributed by atoms with E-state index in [1.807, 2.05) is 42.5 Å². The van der Waals surface area contributed by atoms with Crippen molar-refractivity contribution in [3.05, 3.63) is 101 Å². The predicted octanol–water partition coefficient (Wildman–Crippen LogP) is 6.54. The van der Waals surface area contributed by atoms with Crippen LogP contribution < -0.4 is 10.5 Å². The van der Waals surface area contributed by atoms with E-state index in [9.17, 15) is 27.9 Å². The van der Waals surface area contributed by atoms with Crippen LogP contribution in [-0.4, -0.2) is 56.6 Å². The van der Waals surface area contributed by atoms with Crippen molar-refractivity contribution in [2.45, 2.75) is 19.5 Å². The molecule has 6 aromatic rings. The van der Waals surface area contributed by atoms with Gasteiger partial charge in [-0.3, -0.25) is 24.1 Å². The summed E-state index contributed by atoms with van der Waals surface area (Å²) < 4.78 is 45.0. The van der Waals surface area contributed by atoms with Gasteiger partial charge in [0.05, 0.1) is 33.2 Å². The molecule has 0 radical (unpaired) electrons. The van der Waals surface area contributed by atoms with Crippen molar-refractivity contribution in [2.75, 3.05) is 31.1 Å². The van der Waals surface area contributed by atoms with Gasteiger partial charge in [0, 0.05) is 73.1 Å². The number of aromatic nitrogens is 3. The zero-order chi connectivity index (χ0) is 32.2. The number of hydrogen-bond donors (Lipinski definition) is 1. The summed E-state index contributed by atoms with van der Waals surface area (Å²) in [4.78, 5) is 37.9. The van der Waals surface area contributed by atoms with Crippen LogP contribution in [0.25, 0.3) is 49.5 Å². The average Bonchev–Trinajstić information content (AvgIpc) is 3.07. The third-order valence-corrected chi connectivity index (χ3v) is 8.56. The minimum atomic E-state index is -4.72. The van der Waals surface area contributed by atoms with Crippen LogP contribution in [0.3, 0.4) is 0 Å². The fourth-order valence-corrected chi connectivity index (χ4v) is 6.23. The van der Waals surface area contributed by atoms with Crippen molar-refractivity contribution in [1.29, 1.82) is 0 Å². The summed E-state index contributed by atoms with van der Waals surface area (Å²) in [5, 5.41) is 12.4. The van der Waals surface area contributed by atoms with Gasteiger partial charge in [0.15, 0.2) is 0 Å². The van der Waals surface area contributed by atoms with E-state index in [1.54, 1.807) is 29.0 Å². The number of rotatable bonds is 4. The lowest BCUT2D eigenvalue weighted by Crippen LogP contribution is -2.49. The molecule has 0 saturated carbocycles. The number of fused-ring (bicyclic) bond motifs is 4. The third-order valence-electron chi connectivity index (χ3n) is 8.56. The van der Waals surface area contributed by atoms with Crippen LogP contribution in [0.5, 0.6) is 5.75 Å². The molecule has 0 spiro atoms. The van der Waals surface area contributed by atoms with E-state index < -0.39 is 17.3 Å². The maximum atomic E-state index is 14.6. The molecule has 3 aromatic carbocycles. The van der Waals surface area contributed by atoms with Crippen molar-refractivity contribution >= 4 is 44.3 Å². The molecule has 7 rings (SSSR count). The van der Waals surface area contributed by atoms with Crippen molar-refractivity contribution < 1.29 is 23.1 Å². The molecular weight excluding hydrogens is 595 g/mol. The second-order valence-electron chi connectivity index (χ2n) is 11.3. The Morgan fingerprint density at radius 2 is 1.61 bits per heavy atom. The number of benzene rings is 3. The predicted molar refractivity (Wildman–Crippen MR) is 171 cm³/mol. The molecule has 3 aromatic heterocycles. The van der Waals surface area contributed by atoms with Crippen molar-refractivity contribution in [3.8, 4) is 22.6 Å². The summed E-state index contributed by atoms with van der Waals surface area (Å²) in [6.07, 6.45) is -1.24. The molecule has 1 aliphatic rings. The molecule has 8 nitrogen and oxygen atoms in total. The summed E-state index contributed by atoms with van der Waals surface area (Å²) >= 11 is 0. The lowest BCUT2D eigenvalue weighted by atomic mass is 10.0. The number of piperazine rings is 1. The molecule has 11 heteroatoms. The summed E-state index contributed by atoms with van der Waals surface area (Å²) in [5.74, 6) is -0.359. The number of alkyl halides is 3. The fraction of sp³-hybridized carbons (Fsp3) is 0.200. The van der Waals surface area contributed by atoms with Gasteiger partial charge in [0.2, 0.25) is 5.91 Å². The molecule has 1 saturated heterocycles. The van der Waals surface area contributed by atoms with E-state index in [0.717, 1.165) is 34.2 Å². The SMILES string of the molecule is CCC(=O)N1CCN(c2ccc(-n3c(=O)cc(O)c4cnc5ccc(-c6cnc7ccccc7c6)cc5c43)cc2C(F)(F)F)CC1. The first-order chi connectivity index (χ1) is 22.1. The number of aromatic hydroxyl groups is 1. The normalized spacial score (nSPS) is 14.0. The molecular formula is C35H28F3N5O3. The van der Waals surface area contributed by atoms with Crippen LogP contribution >= 0.6 is 0 Å². The molecule has 1 aliphatic heterocycles. The lowest BCUT2D eigenvalue weighted by Gasteiger charge is -2.37. The highest BCUT2D eigenvalue weighted by Gasteiger charge is 2.36. The zero-order valence-electron chi connectivity index (χ0n) is 24.8. The van der Waals surface area contributed by atoms with E-state index in [4.69, 9.17) is 0 Å². The smallest absolute Gasteiger partial charge is 0.418 e. The first-order valence-electron chi connectivity index (χ1n) is 14.9. The molecule has 1 N–H and O–H groups in total. The highest BCUT2D eigenvalue weighted by atomic mass is 19.4. The van der Waals surface area contributed by atoms with Gasteiger partial charge in [0.1, 0.15) is 5.75 Å². The second kappa shape index (κ2) is 11.2. The average molecular weight is 624 g/mol. The van der Waals surface area contributed by atoms with Gasteiger partial charge < -0.3 is 14.9 Å². The topological polar surface area (TPSA) is 91.6 Å². The number of anilines is 1. The Bertz CT molecular complexity index is 2220. The highest BCUT2D eigenvalue weighted by molar-refractivity contribution is 6.07. The van der Waals surface area contributed by atoms with E-state index in [-0.39, 0.29) is 47.0 Å². The monoisotopic (exact) mass is 623 g/mol. The molecule has 1 amide bonds. The van der Waals surface area contributed by atoms with Gasteiger partial charge in [-0.15, -0.1) is 0 Å². The number of para-hydroxylation sites is 1. The van der Waals surface area contributed by atoms with E-state index in [2.05, 4.69) is 9.97 Å². The van der Waals surface area contributed by atoms with Crippen LogP contribution in [0.1, 0.15) is 18.9 Å². The number of amides is 1. The van der Waals surface area contributed by atoms with E-state index in [1.165, 1.54) is 22.9 Å². The summed E-state index contributed by atoms with van der Waals surface area (Å²) in [6, 6.07) is 19.9. The van der Waals surface area contributed by atoms with Crippen LogP contribution in [0.15, 0.2) is 90.0 Å². The zero-order valence-corrected chi connectivity index (χ0v) is 24.8. The lowest BCUT2D eigenvalue weighted by molar-refractivity contribution is -0.137. The number of carbonyl (C=O) groups excluding carboxylic acids is 1. The molecule has 1 fully saturated rings. The van der Waals surface area contributed by atoms with Gasteiger partial charge in [-0.2, -0.15) is 13.2 Å². The van der Waals surface area contributed by atoms with Gasteiger partial charge in [-0.05, 0) is 48.0 Å². The number of pyridine rings is 3. The van der Waals surface area contributed by atoms with Gasteiger partial charge in [-0.25, -0.2) is 0 Å². The minimum absolute atomic E-state index is 0.00357. The van der Waals surface area contributed by atoms with Crippen LogP contribution in [0.2, 0.25) is 0 Å². The van der Waals surface area contributed by atoms with Crippen molar-refractivity contribution in [3.63, 3.8) is 0 Å². The molecule has 0 aliphatic carbocycles. The molecule has 4 heterocycles. The molecule has 232 valence electrons. The number of hydrogen-bond acceptors (Lipinski definition) is 6. The summed E-state index contributed by atoms with van der Waals surface area (Å²) in [5.41, 5.74) is 1.51. The Morgan fingerprint density at radius 3 is 2.37 bits per heavy atom. The Labute approximate surface area is 261 Å². The first kappa shape index (κ1) is 29.3. The molecule has 46 heavy (non-hydrogen) atoms. The Hall–Kier alpha value is -5.45. The summed E-state index contributed by atoms with van der Waals surface area (Å²) in [6.45, 7) is 2.90. The molecule has 0 atom stereocenters. The Morgan fingerprint density at radius 1 is 0.848 bits per heavy atom. The summed E-state index contributed by atoms with van der Waals surface area (Å²) in [7, 11) is 0. The van der Waals surface area contributed by atoms with Gasteiger partial charge in [-0.1, -0.05) is 31.2 Å². The van der Waals surface area contributed by atoms with E-state index in [0.29, 0.717) is 30.4 Å². The maximum Gasteiger partial charge on any atom is 0.418 e. The number of halogens is 3. The second-order valence-corrected chi connectivity index (χ2v) is 11.3. The highest BCUT2D eigenvalue weighted by Crippen LogP contribution is 2.40. The van der Waals surface area contributed by atoms with E-state index >= 15 is 0 Å². The Balaban J connectivity index is 1.40. The minimum Gasteiger partial charge on any atom is -0.507 e.